The van der Waals surface area contributed by atoms with E-state index in [9.17, 15) is 8.42 Å². The van der Waals surface area contributed by atoms with Crippen molar-refractivity contribution in [2.45, 2.75) is 18.4 Å². The van der Waals surface area contributed by atoms with E-state index in [1.807, 2.05) is 49.4 Å². The molecule has 0 amide bonds. The Labute approximate surface area is 134 Å². The van der Waals surface area contributed by atoms with Crippen molar-refractivity contribution in [2.75, 3.05) is 0 Å². The smallest absolute Gasteiger partial charge is 0.242 e. The lowest BCUT2D eigenvalue weighted by atomic mass is 10.1. The van der Waals surface area contributed by atoms with Crippen molar-refractivity contribution in [1.29, 1.82) is 0 Å². The van der Waals surface area contributed by atoms with Gasteiger partial charge < -0.3 is 4.52 Å². The van der Waals surface area contributed by atoms with Crippen LogP contribution in [0.3, 0.4) is 0 Å². The summed E-state index contributed by atoms with van der Waals surface area (Å²) in [5, 5.41) is 3.86. The Kier molecular flexibility index (Phi) is 4.25. The molecule has 0 N–H and O–H groups in total. The third-order valence-corrected chi connectivity index (χ3v) is 4.81. The first kappa shape index (κ1) is 15.4. The lowest BCUT2D eigenvalue weighted by Gasteiger charge is -2.01. The summed E-state index contributed by atoms with van der Waals surface area (Å²) in [5.41, 5.74) is 2.67. The van der Waals surface area contributed by atoms with Gasteiger partial charge in [0.05, 0.1) is 5.75 Å². The Morgan fingerprint density at radius 1 is 0.957 bits per heavy atom. The fourth-order valence-electron chi connectivity index (χ4n) is 2.20. The summed E-state index contributed by atoms with van der Waals surface area (Å²) in [6, 6.07) is 16.7. The highest BCUT2D eigenvalue weighted by molar-refractivity contribution is 7.89. The van der Waals surface area contributed by atoms with Gasteiger partial charge in [-0.2, -0.15) is 4.98 Å². The van der Waals surface area contributed by atoms with Gasteiger partial charge in [-0.3, -0.25) is 0 Å². The van der Waals surface area contributed by atoms with E-state index in [0.717, 1.165) is 16.7 Å². The van der Waals surface area contributed by atoms with Gasteiger partial charge in [-0.1, -0.05) is 65.3 Å². The molecule has 118 valence electrons. The van der Waals surface area contributed by atoms with E-state index in [1.165, 1.54) is 0 Å². The average Bonchev–Trinajstić information content (AvgIpc) is 2.96. The van der Waals surface area contributed by atoms with Crippen LogP contribution in [0.1, 0.15) is 17.0 Å². The van der Waals surface area contributed by atoms with Crippen LogP contribution in [0, 0.1) is 6.92 Å². The molecular formula is C17H16N2O3S. The third kappa shape index (κ3) is 4.04. The van der Waals surface area contributed by atoms with Gasteiger partial charge in [-0.25, -0.2) is 8.42 Å². The second-order valence-corrected chi connectivity index (χ2v) is 7.46. The van der Waals surface area contributed by atoms with Crippen molar-refractivity contribution < 1.29 is 12.9 Å². The van der Waals surface area contributed by atoms with Crippen LogP contribution in [0.5, 0.6) is 0 Å². The molecule has 0 spiro atoms. The maximum Gasteiger partial charge on any atom is 0.242 e. The minimum absolute atomic E-state index is 0.0456. The summed E-state index contributed by atoms with van der Waals surface area (Å²) in [6.07, 6.45) is 0. The average molecular weight is 328 g/mol. The molecule has 23 heavy (non-hydrogen) atoms. The van der Waals surface area contributed by atoms with E-state index in [0.29, 0.717) is 5.82 Å². The normalized spacial score (nSPS) is 11.5. The monoisotopic (exact) mass is 328 g/mol. The first-order chi connectivity index (χ1) is 11.0. The Balaban J connectivity index is 1.74. The van der Waals surface area contributed by atoms with Gasteiger partial charge in [0.1, 0.15) is 5.75 Å². The molecule has 0 atom stereocenters. The quantitative estimate of drug-likeness (QED) is 0.719. The van der Waals surface area contributed by atoms with Crippen LogP contribution in [0.15, 0.2) is 59.1 Å². The van der Waals surface area contributed by atoms with Gasteiger partial charge in [-0.15, -0.1) is 0 Å². The number of hydrogen-bond acceptors (Lipinski definition) is 5. The van der Waals surface area contributed by atoms with Crippen molar-refractivity contribution >= 4 is 9.84 Å². The van der Waals surface area contributed by atoms with Gasteiger partial charge in [0.2, 0.25) is 11.7 Å². The molecule has 3 aromatic rings. The fraction of sp³-hybridized carbons (Fsp3) is 0.176. The maximum absolute atomic E-state index is 12.2. The van der Waals surface area contributed by atoms with Crippen LogP contribution in [0.25, 0.3) is 11.4 Å². The van der Waals surface area contributed by atoms with Crippen LogP contribution in [-0.4, -0.2) is 18.6 Å². The fourth-order valence-corrected chi connectivity index (χ4v) is 3.50. The van der Waals surface area contributed by atoms with Crippen molar-refractivity contribution in [3.8, 4) is 11.4 Å². The van der Waals surface area contributed by atoms with Gasteiger partial charge in [0.25, 0.3) is 0 Å². The van der Waals surface area contributed by atoms with E-state index >= 15 is 0 Å². The number of aryl methyl sites for hydroxylation is 1. The highest BCUT2D eigenvalue weighted by Gasteiger charge is 2.18. The van der Waals surface area contributed by atoms with Gasteiger partial charge in [0, 0.05) is 5.56 Å². The maximum atomic E-state index is 12.2. The van der Waals surface area contributed by atoms with Crippen LogP contribution in [-0.2, 0) is 21.3 Å². The van der Waals surface area contributed by atoms with Crippen molar-refractivity contribution in [3.05, 3.63) is 71.6 Å². The molecule has 0 fully saturated rings. The number of benzene rings is 2. The molecule has 1 heterocycles. The molecule has 5 nitrogen and oxygen atoms in total. The number of hydrogen-bond donors (Lipinski definition) is 0. The van der Waals surface area contributed by atoms with Gasteiger partial charge in [-0.05, 0) is 12.5 Å². The second-order valence-electron chi connectivity index (χ2n) is 5.40. The minimum Gasteiger partial charge on any atom is -0.338 e. The summed E-state index contributed by atoms with van der Waals surface area (Å²) in [5.74, 6) is 0.197. The van der Waals surface area contributed by atoms with E-state index in [4.69, 9.17) is 4.52 Å². The molecule has 0 aliphatic carbocycles. The van der Waals surface area contributed by atoms with E-state index in [1.54, 1.807) is 12.1 Å². The number of nitrogens with zero attached hydrogens (tertiary/aromatic N) is 2. The van der Waals surface area contributed by atoms with Crippen LogP contribution >= 0.6 is 0 Å². The SMILES string of the molecule is Cc1ccc(-c2noc(CS(=O)(=O)Cc3ccccc3)n2)cc1. The molecular weight excluding hydrogens is 312 g/mol. The highest BCUT2D eigenvalue weighted by atomic mass is 32.2. The first-order valence-corrected chi connectivity index (χ1v) is 8.98. The Hall–Kier alpha value is -2.47. The molecule has 6 heteroatoms. The number of rotatable bonds is 5. The Bertz CT molecular complexity index is 885. The zero-order valence-electron chi connectivity index (χ0n) is 12.6. The lowest BCUT2D eigenvalue weighted by Crippen LogP contribution is -2.07. The van der Waals surface area contributed by atoms with Gasteiger partial charge in [0.15, 0.2) is 9.84 Å². The largest absolute Gasteiger partial charge is 0.338 e. The Morgan fingerprint density at radius 3 is 2.35 bits per heavy atom. The Morgan fingerprint density at radius 2 is 1.65 bits per heavy atom. The molecule has 0 saturated carbocycles. The zero-order valence-corrected chi connectivity index (χ0v) is 13.5. The summed E-state index contributed by atoms with van der Waals surface area (Å²) in [4.78, 5) is 4.18. The molecule has 2 aromatic carbocycles. The summed E-state index contributed by atoms with van der Waals surface area (Å²) in [6.45, 7) is 1.99. The molecule has 3 rings (SSSR count). The molecule has 0 unspecified atom stereocenters. The molecule has 0 aliphatic rings. The second kappa shape index (κ2) is 6.34. The van der Waals surface area contributed by atoms with Crippen molar-refractivity contribution in [3.63, 3.8) is 0 Å². The zero-order chi connectivity index (χ0) is 16.3. The molecule has 1 aromatic heterocycles. The van der Waals surface area contributed by atoms with Crippen LogP contribution in [0.2, 0.25) is 0 Å². The highest BCUT2D eigenvalue weighted by Crippen LogP contribution is 2.18. The van der Waals surface area contributed by atoms with Gasteiger partial charge >= 0.3 is 0 Å². The molecule has 0 radical (unpaired) electrons. The third-order valence-electron chi connectivity index (χ3n) is 3.35. The van der Waals surface area contributed by atoms with E-state index in [2.05, 4.69) is 10.1 Å². The van der Waals surface area contributed by atoms with E-state index < -0.39 is 9.84 Å². The first-order valence-electron chi connectivity index (χ1n) is 7.16. The molecule has 0 saturated heterocycles. The predicted molar refractivity (Wildman–Crippen MR) is 87.2 cm³/mol. The molecule has 0 aliphatic heterocycles. The summed E-state index contributed by atoms with van der Waals surface area (Å²) < 4.78 is 29.5. The van der Waals surface area contributed by atoms with E-state index in [-0.39, 0.29) is 17.4 Å². The van der Waals surface area contributed by atoms with Crippen LogP contribution < -0.4 is 0 Å². The number of aromatic nitrogens is 2. The molecule has 0 bridgehead atoms. The standard InChI is InChI=1S/C17H16N2O3S/c1-13-7-9-15(10-8-13)17-18-16(22-19-17)12-23(20,21)11-14-5-3-2-4-6-14/h2-10H,11-12H2,1H3. The van der Waals surface area contributed by atoms with Crippen molar-refractivity contribution in [2.24, 2.45) is 0 Å². The summed E-state index contributed by atoms with van der Waals surface area (Å²) >= 11 is 0. The predicted octanol–water partition coefficient (Wildman–Crippen LogP) is 3.16. The summed E-state index contributed by atoms with van der Waals surface area (Å²) in [7, 11) is -3.36. The van der Waals surface area contributed by atoms with Crippen LogP contribution in [0.4, 0.5) is 0 Å². The lowest BCUT2D eigenvalue weighted by molar-refractivity contribution is 0.389. The van der Waals surface area contributed by atoms with Crippen molar-refractivity contribution in [1.82, 2.24) is 10.1 Å². The topological polar surface area (TPSA) is 73.1 Å². The number of sulfone groups is 1. The minimum atomic E-state index is -3.36.